The van der Waals surface area contributed by atoms with E-state index in [2.05, 4.69) is 5.10 Å². The van der Waals surface area contributed by atoms with E-state index >= 15 is 0 Å². The van der Waals surface area contributed by atoms with E-state index < -0.39 is 0 Å². The number of benzene rings is 1. The molecular formula is C15H14ClN3O2. The minimum atomic E-state index is 0.178. The number of hydrogen-bond acceptors (Lipinski definition) is 4. The van der Waals surface area contributed by atoms with Gasteiger partial charge >= 0.3 is 0 Å². The third-order valence-electron chi connectivity index (χ3n) is 2.78. The molecule has 2 rings (SSSR count). The van der Waals surface area contributed by atoms with Gasteiger partial charge in [0.1, 0.15) is 10.8 Å². The van der Waals surface area contributed by atoms with Crippen LogP contribution in [0.4, 0.5) is 0 Å². The van der Waals surface area contributed by atoms with E-state index in [1.54, 1.807) is 25.2 Å². The molecule has 0 aliphatic carbocycles. The van der Waals surface area contributed by atoms with Crippen LogP contribution < -0.4 is 0 Å². The van der Waals surface area contributed by atoms with Gasteiger partial charge in [0.15, 0.2) is 12.6 Å². The smallest absolute Gasteiger partial charge is 0.155 e. The molecule has 0 atom stereocenters. The molecule has 0 aliphatic rings. The van der Waals surface area contributed by atoms with Crippen LogP contribution in [-0.4, -0.2) is 41.3 Å². The summed E-state index contributed by atoms with van der Waals surface area (Å²) >= 11 is 6.21. The monoisotopic (exact) mass is 303 g/mol. The van der Waals surface area contributed by atoms with E-state index in [4.69, 9.17) is 11.6 Å². The summed E-state index contributed by atoms with van der Waals surface area (Å²) in [5.41, 5.74) is 1.47. The molecule has 0 fully saturated rings. The van der Waals surface area contributed by atoms with Crippen LogP contribution in [0.5, 0.6) is 0 Å². The molecule has 0 aliphatic heterocycles. The SMILES string of the molecule is CN(C)C=C(C=O)c1nn(-c2ccccc2)c(Cl)c1C=O. The van der Waals surface area contributed by atoms with Gasteiger partial charge < -0.3 is 4.90 Å². The van der Waals surface area contributed by atoms with Crippen molar-refractivity contribution in [1.82, 2.24) is 14.7 Å². The number of carbonyl (C=O) groups is 2. The molecule has 0 spiro atoms. The molecule has 0 saturated heterocycles. The predicted molar refractivity (Wildman–Crippen MR) is 81.7 cm³/mol. The average Bonchev–Trinajstić information content (AvgIpc) is 2.82. The van der Waals surface area contributed by atoms with Gasteiger partial charge in [-0.3, -0.25) is 9.59 Å². The summed E-state index contributed by atoms with van der Waals surface area (Å²) < 4.78 is 1.44. The van der Waals surface area contributed by atoms with Gasteiger partial charge in [-0.1, -0.05) is 29.8 Å². The number of allylic oxidation sites excluding steroid dienone is 1. The van der Waals surface area contributed by atoms with E-state index in [-0.39, 0.29) is 16.4 Å². The van der Waals surface area contributed by atoms with Crippen LogP contribution in [0.1, 0.15) is 16.1 Å². The van der Waals surface area contributed by atoms with Gasteiger partial charge in [0.05, 0.1) is 16.8 Å². The van der Waals surface area contributed by atoms with Crippen molar-refractivity contribution in [3.05, 3.63) is 52.9 Å². The van der Waals surface area contributed by atoms with Crippen LogP contribution in [0.25, 0.3) is 11.3 Å². The van der Waals surface area contributed by atoms with Crippen molar-refractivity contribution in [1.29, 1.82) is 0 Å². The number of para-hydroxylation sites is 1. The number of rotatable bonds is 5. The first-order valence-corrected chi connectivity index (χ1v) is 6.59. The molecule has 0 saturated carbocycles. The van der Waals surface area contributed by atoms with Gasteiger partial charge in [-0.25, -0.2) is 4.68 Å². The fraction of sp³-hybridized carbons (Fsp3) is 0.133. The average molecular weight is 304 g/mol. The van der Waals surface area contributed by atoms with Crippen LogP contribution in [0.15, 0.2) is 36.5 Å². The maximum atomic E-state index is 11.3. The van der Waals surface area contributed by atoms with Crippen molar-refractivity contribution in [2.24, 2.45) is 0 Å². The van der Waals surface area contributed by atoms with Crippen molar-refractivity contribution in [2.45, 2.75) is 0 Å². The van der Waals surface area contributed by atoms with Gasteiger partial charge in [-0.15, -0.1) is 0 Å². The Morgan fingerprint density at radius 2 is 1.90 bits per heavy atom. The molecule has 0 radical (unpaired) electrons. The second-order valence-electron chi connectivity index (χ2n) is 4.58. The molecule has 0 bridgehead atoms. The van der Waals surface area contributed by atoms with E-state index in [1.807, 2.05) is 30.3 Å². The van der Waals surface area contributed by atoms with E-state index in [9.17, 15) is 9.59 Å². The van der Waals surface area contributed by atoms with Crippen LogP contribution in [-0.2, 0) is 4.79 Å². The molecular weight excluding hydrogens is 290 g/mol. The molecule has 6 heteroatoms. The highest BCUT2D eigenvalue weighted by atomic mass is 35.5. The predicted octanol–water partition coefficient (Wildman–Crippen LogP) is 2.44. The first kappa shape index (κ1) is 15.0. The lowest BCUT2D eigenvalue weighted by molar-refractivity contribution is -0.103. The normalized spacial score (nSPS) is 11.3. The molecule has 21 heavy (non-hydrogen) atoms. The molecule has 0 amide bonds. The minimum Gasteiger partial charge on any atom is -0.383 e. The Morgan fingerprint density at radius 3 is 2.43 bits per heavy atom. The van der Waals surface area contributed by atoms with Gasteiger partial charge in [0, 0.05) is 20.3 Å². The van der Waals surface area contributed by atoms with Crippen molar-refractivity contribution in [3.63, 3.8) is 0 Å². The Balaban J connectivity index is 2.64. The highest BCUT2D eigenvalue weighted by Crippen LogP contribution is 2.26. The largest absolute Gasteiger partial charge is 0.383 e. The molecule has 1 heterocycles. The summed E-state index contributed by atoms with van der Waals surface area (Å²) in [6.07, 6.45) is 2.85. The van der Waals surface area contributed by atoms with Gasteiger partial charge in [-0.2, -0.15) is 5.10 Å². The Kier molecular flexibility index (Phi) is 4.55. The van der Waals surface area contributed by atoms with E-state index in [1.165, 1.54) is 4.68 Å². The zero-order chi connectivity index (χ0) is 15.4. The lowest BCUT2D eigenvalue weighted by Crippen LogP contribution is -2.05. The summed E-state index contributed by atoms with van der Waals surface area (Å²) in [5, 5.41) is 4.48. The first-order chi connectivity index (χ1) is 10.1. The lowest BCUT2D eigenvalue weighted by Gasteiger charge is -2.06. The molecule has 5 nitrogen and oxygen atoms in total. The highest BCUT2D eigenvalue weighted by Gasteiger charge is 2.19. The van der Waals surface area contributed by atoms with Gasteiger partial charge in [0.25, 0.3) is 0 Å². The Hall–Kier alpha value is -2.40. The summed E-state index contributed by atoms with van der Waals surface area (Å²) in [7, 11) is 3.56. The van der Waals surface area contributed by atoms with Crippen LogP contribution in [0.3, 0.4) is 0 Å². The number of aldehydes is 2. The Morgan fingerprint density at radius 1 is 1.24 bits per heavy atom. The van der Waals surface area contributed by atoms with Gasteiger partial charge in [0.2, 0.25) is 0 Å². The fourth-order valence-electron chi connectivity index (χ4n) is 1.89. The second kappa shape index (κ2) is 6.37. The number of aromatic nitrogens is 2. The maximum absolute atomic E-state index is 11.3. The zero-order valence-electron chi connectivity index (χ0n) is 11.7. The van der Waals surface area contributed by atoms with Crippen molar-refractivity contribution < 1.29 is 9.59 Å². The molecule has 1 aromatic heterocycles. The van der Waals surface area contributed by atoms with Crippen LogP contribution >= 0.6 is 11.6 Å². The number of nitrogens with zero attached hydrogens (tertiary/aromatic N) is 3. The highest BCUT2D eigenvalue weighted by molar-refractivity contribution is 6.33. The molecule has 0 N–H and O–H groups in total. The van der Waals surface area contributed by atoms with Gasteiger partial charge in [-0.05, 0) is 12.1 Å². The standard InChI is InChI=1S/C15H14ClN3O2/c1-18(2)8-11(9-20)14-13(10-21)15(16)19(17-14)12-6-4-3-5-7-12/h3-10H,1-2H3. The zero-order valence-corrected chi connectivity index (χ0v) is 12.4. The van der Waals surface area contributed by atoms with E-state index in [0.717, 1.165) is 0 Å². The molecule has 2 aromatic rings. The topological polar surface area (TPSA) is 55.2 Å². The quantitative estimate of drug-likeness (QED) is 0.629. The van der Waals surface area contributed by atoms with Crippen molar-refractivity contribution in [2.75, 3.05) is 14.1 Å². The molecule has 0 unspecified atom stereocenters. The number of hydrogen-bond donors (Lipinski definition) is 0. The fourth-order valence-corrected chi connectivity index (χ4v) is 2.16. The lowest BCUT2D eigenvalue weighted by atomic mass is 10.1. The summed E-state index contributed by atoms with van der Waals surface area (Å²) in [5.74, 6) is 0. The van der Waals surface area contributed by atoms with Crippen molar-refractivity contribution >= 4 is 29.7 Å². The van der Waals surface area contributed by atoms with Crippen LogP contribution in [0.2, 0.25) is 5.15 Å². The molecule has 1 aromatic carbocycles. The number of halogens is 1. The maximum Gasteiger partial charge on any atom is 0.155 e. The molecule has 108 valence electrons. The summed E-state index contributed by atoms with van der Waals surface area (Å²) in [4.78, 5) is 24.3. The Labute approximate surface area is 127 Å². The second-order valence-corrected chi connectivity index (χ2v) is 4.94. The van der Waals surface area contributed by atoms with Crippen LogP contribution in [0, 0.1) is 0 Å². The third kappa shape index (κ3) is 3.03. The minimum absolute atomic E-state index is 0.178. The number of carbonyl (C=O) groups excluding carboxylic acids is 2. The Bertz CT molecular complexity index is 690. The van der Waals surface area contributed by atoms with E-state index in [0.29, 0.717) is 23.8 Å². The van der Waals surface area contributed by atoms with Crippen molar-refractivity contribution in [3.8, 4) is 5.69 Å². The third-order valence-corrected chi connectivity index (χ3v) is 3.14. The summed E-state index contributed by atoms with van der Waals surface area (Å²) in [6.45, 7) is 0. The first-order valence-electron chi connectivity index (χ1n) is 6.21. The summed E-state index contributed by atoms with van der Waals surface area (Å²) in [6, 6.07) is 9.17.